The Morgan fingerprint density at radius 1 is 1.19 bits per heavy atom. The molecule has 0 radical (unpaired) electrons. The fourth-order valence-electron chi connectivity index (χ4n) is 2.87. The Kier molecular flexibility index (Phi) is 4.45. The summed E-state index contributed by atoms with van der Waals surface area (Å²) in [5, 5.41) is 3.22. The molecule has 0 saturated carbocycles. The van der Waals surface area contributed by atoms with Gasteiger partial charge < -0.3 is 9.15 Å². The Bertz CT molecular complexity index is 1230. The van der Waals surface area contributed by atoms with Gasteiger partial charge in [0.05, 0.1) is 23.8 Å². The zero-order valence-electron chi connectivity index (χ0n) is 14.8. The highest BCUT2D eigenvalue weighted by atomic mass is 32.2. The van der Waals surface area contributed by atoms with Crippen LogP contribution in [0.4, 0.5) is 0 Å². The summed E-state index contributed by atoms with van der Waals surface area (Å²) in [7, 11) is 3.01. The fraction of sp³-hybridized carbons (Fsp3) is 0.150. The Labute approximate surface area is 158 Å². The Morgan fingerprint density at radius 2 is 1.93 bits per heavy atom. The van der Waals surface area contributed by atoms with Crippen molar-refractivity contribution >= 4 is 39.4 Å². The number of esters is 1. The van der Waals surface area contributed by atoms with Gasteiger partial charge >= 0.3 is 5.97 Å². The second-order valence-electron chi connectivity index (χ2n) is 6.02. The van der Waals surface area contributed by atoms with E-state index in [2.05, 4.69) is 9.72 Å². The molecule has 4 aromatic rings. The Hall–Kier alpha value is -3.06. The van der Waals surface area contributed by atoms with E-state index in [4.69, 9.17) is 4.42 Å². The summed E-state index contributed by atoms with van der Waals surface area (Å²) in [6.07, 6.45) is 0. The van der Waals surface area contributed by atoms with Crippen molar-refractivity contribution in [3.63, 3.8) is 0 Å². The summed E-state index contributed by atoms with van der Waals surface area (Å²) in [5.41, 5.74) is 0.567. The third-order valence-corrected chi connectivity index (χ3v) is 5.35. The lowest BCUT2D eigenvalue weighted by Gasteiger charge is -2.09. The molecular formula is C20H16N2O4S. The van der Waals surface area contributed by atoms with Crippen molar-refractivity contribution in [1.29, 1.82) is 0 Å². The second kappa shape index (κ2) is 6.92. The van der Waals surface area contributed by atoms with E-state index in [-0.39, 0.29) is 11.3 Å². The average Bonchev–Trinajstić information content (AvgIpc) is 3.17. The molecule has 0 fully saturated rings. The van der Waals surface area contributed by atoms with Crippen LogP contribution in [0.3, 0.4) is 0 Å². The van der Waals surface area contributed by atoms with Crippen molar-refractivity contribution in [2.75, 3.05) is 7.11 Å². The topological polar surface area (TPSA) is 74.3 Å². The van der Waals surface area contributed by atoms with Gasteiger partial charge in [0, 0.05) is 7.05 Å². The maximum Gasteiger partial charge on any atom is 0.373 e. The van der Waals surface area contributed by atoms with Gasteiger partial charge in [-0.3, -0.25) is 9.36 Å². The van der Waals surface area contributed by atoms with E-state index in [0.717, 1.165) is 10.8 Å². The lowest BCUT2D eigenvalue weighted by atomic mass is 10.1. The van der Waals surface area contributed by atoms with Crippen LogP contribution >= 0.6 is 11.8 Å². The smallest absolute Gasteiger partial charge is 0.373 e. The highest BCUT2D eigenvalue weighted by molar-refractivity contribution is 7.98. The molecule has 2 aromatic heterocycles. The molecule has 2 aromatic carbocycles. The monoisotopic (exact) mass is 380 g/mol. The molecule has 6 nitrogen and oxygen atoms in total. The number of rotatable bonds is 4. The molecule has 4 rings (SSSR count). The SMILES string of the molecule is COC(=O)c1ccc(CSc2nc3cc4ccccc4cc3c(=O)n2C)o1. The minimum atomic E-state index is -0.519. The zero-order chi connectivity index (χ0) is 19.0. The van der Waals surface area contributed by atoms with Crippen LogP contribution in [0, 0.1) is 0 Å². The molecule has 0 spiro atoms. The van der Waals surface area contributed by atoms with Crippen LogP contribution in [0.15, 0.2) is 62.9 Å². The number of carbonyl (C=O) groups is 1. The van der Waals surface area contributed by atoms with Crippen LogP contribution in [0.2, 0.25) is 0 Å². The van der Waals surface area contributed by atoms with E-state index in [9.17, 15) is 9.59 Å². The van der Waals surface area contributed by atoms with Gasteiger partial charge in [-0.1, -0.05) is 36.0 Å². The summed E-state index contributed by atoms with van der Waals surface area (Å²) in [6.45, 7) is 0. The number of hydrogen-bond acceptors (Lipinski definition) is 6. The molecule has 7 heteroatoms. The van der Waals surface area contributed by atoms with Crippen LogP contribution in [-0.2, 0) is 17.5 Å². The molecule has 0 amide bonds. The molecule has 0 aliphatic heterocycles. The number of fused-ring (bicyclic) bond motifs is 2. The maximum atomic E-state index is 12.8. The van der Waals surface area contributed by atoms with Gasteiger partial charge in [0.1, 0.15) is 5.76 Å². The molecule has 0 atom stereocenters. The molecule has 27 heavy (non-hydrogen) atoms. The molecule has 2 heterocycles. The molecule has 136 valence electrons. The van der Waals surface area contributed by atoms with Gasteiger partial charge in [-0.05, 0) is 35.0 Å². The molecular weight excluding hydrogens is 364 g/mol. The maximum absolute atomic E-state index is 12.8. The van der Waals surface area contributed by atoms with Crippen molar-refractivity contribution in [1.82, 2.24) is 9.55 Å². The van der Waals surface area contributed by atoms with Crippen LogP contribution in [0.5, 0.6) is 0 Å². The number of carbonyl (C=O) groups excluding carboxylic acids is 1. The Balaban J connectivity index is 1.68. The number of hydrogen-bond donors (Lipinski definition) is 0. The van der Waals surface area contributed by atoms with E-state index in [0.29, 0.717) is 27.6 Å². The van der Waals surface area contributed by atoms with Gasteiger partial charge in [0.2, 0.25) is 5.76 Å². The van der Waals surface area contributed by atoms with Gasteiger partial charge in [0.25, 0.3) is 5.56 Å². The normalized spacial score (nSPS) is 11.2. The molecule has 0 unspecified atom stereocenters. The van der Waals surface area contributed by atoms with Crippen molar-refractivity contribution in [2.45, 2.75) is 10.9 Å². The van der Waals surface area contributed by atoms with Gasteiger partial charge in [0.15, 0.2) is 5.16 Å². The lowest BCUT2D eigenvalue weighted by molar-refractivity contribution is 0.0563. The number of thioether (sulfide) groups is 1. The highest BCUT2D eigenvalue weighted by Crippen LogP contribution is 2.25. The summed E-state index contributed by atoms with van der Waals surface area (Å²) in [6, 6.07) is 15.0. The van der Waals surface area contributed by atoms with Gasteiger partial charge in [-0.15, -0.1) is 0 Å². The minimum absolute atomic E-state index is 0.0945. The Morgan fingerprint density at radius 3 is 2.67 bits per heavy atom. The molecule has 0 saturated heterocycles. The predicted molar refractivity (Wildman–Crippen MR) is 104 cm³/mol. The van der Waals surface area contributed by atoms with Crippen molar-refractivity contribution < 1.29 is 13.9 Å². The molecule has 0 N–H and O–H groups in total. The minimum Gasteiger partial charge on any atom is -0.463 e. The second-order valence-corrected chi connectivity index (χ2v) is 6.96. The molecule has 0 bridgehead atoms. The number of benzene rings is 2. The molecule has 0 aliphatic carbocycles. The molecule has 0 aliphatic rings. The number of aromatic nitrogens is 2. The average molecular weight is 380 g/mol. The van der Waals surface area contributed by atoms with E-state index in [1.54, 1.807) is 19.2 Å². The van der Waals surface area contributed by atoms with Crippen molar-refractivity contribution in [3.05, 3.63) is 70.4 Å². The van der Waals surface area contributed by atoms with Crippen LogP contribution < -0.4 is 5.56 Å². The quantitative estimate of drug-likeness (QED) is 0.232. The third-order valence-electron chi connectivity index (χ3n) is 4.29. The summed E-state index contributed by atoms with van der Waals surface area (Å²) in [4.78, 5) is 28.9. The number of furan rings is 1. The van der Waals surface area contributed by atoms with Gasteiger partial charge in [-0.25, -0.2) is 9.78 Å². The van der Waals surface area contributed by atoms with Crippen LogP contribution in [0.1, 0.15) is 16.3 Å². The fourth-order valence-corrected chi connectivity index (χ4v) is 3.73. The highest BCUT2D eigenvalue weighted by Gasteiger charge is 2.14. The number of ether oxygens (including phenoxy) is 1. The van der Waals surface area contributed by atoms with Crippen molar-refractivity contribution in [2.24, 2.45) is 7.05 Å². The van der Waals surface area contributed by atoms with E-state index >= 15 is 0 Å². The first kappa shape index (κ1) is 17.4. The van der Waals surface area contributed by atoms with E-state index in [1.807, 2.05) is 36.4 Å². The summed E-state index contributed by atoms with van der Waals surface area (Å²) < 4.78 is 11.6. The zero-order valence-corrected chi connectivity index (χ0v) is 15.6. The summed E-state index contributed by atoms with van der Waals surface area (Å²) >= 11 is 1.37. The lowest BCUT2D eigenvalue weighted by Crippen LogP contribution is -2.20. The van der Waals surface area contributed by atoms with Crippen LogP contribution in [-0.4, -0.2) is 22.6 Å². The van der Waals surface area contributed by atoms with Crippen LogP contribution in [0.25, 0.3) is 21.7 Å². The predicted octanol–water partition coefficient (Wildman–Crippen LogP) is 3.76. The van der Waals surface area contributed by atoms with E-state index in [1.165, 1.54) is 23.4 Å². The first-order chi connectivity index (χ1) is 13.1. The van der Waals surface area contributed by atoms with Gasteiger partial charge in [-0.2, -0.15) is 0 Å². The third kappa shape index (κ3) is 3.21. The first-order valence-corrected chi connectivity index (χ1v) is 9.25. The first-order valence-electron chi connectivity index (χ1n) is 8.26. The van der Waals surface area contributed by atoms with E-state index < -0.39 is 5.97 Å². The number of methoxy groups -OCH3 is 1. The van der Waals surface area contributed by atoms with Crippen molar-refractivity contribution in [3.8, 4) is 0 Å². The summed E-state index contributed by atoms with van der Waals surface area (Å²) in [5.74, 6) is 0.679. The standard InChI is InChI=1S/C20H16N2O4S/c1-22-18(23)15-9-12-5-3-4-6-13(12)10-16(15)21-20(22)27-11-14-7-8-17(26-14)19(24)25-2/h3-10H,11H2,1-2H3. The number of nitrogens with zero attached hydrogens (tertiary/aromatic N) is 2. The largest absolute Gasteiger partial charge is 0.463 e.